The lowest BCUT2D eigenvalue weighted by molar-refractivity contribution is 1.62. The van der Waals surface area contributed by atoms with Crippen LogP contribution in [-0.2, 0) is 0 Å². The summed E-state index contributed by atoms with van der Waals surface area (Å²) in [6, 6.07) is 15.0. The van der Waals surface area contributed by atoms with E-state index in [4.69, 9.17) is 23.2 Å². The van der Waals surface area contributed by atoms with Gasteiger partial charge in [0.25, 0.3) is 0 Å². The molecule has 0 aromatic heterocycles. The van der Waals surface area contributed by atoms with Crippen LogP contribution in [0.3, 0.4) is 0 Å². The third-order valence-corrected chi connectivity index (χ3v) is 2.61. The van der Waals surface area contributed by atoms with E-state index in [0.29, 0.717) is 10.0 Å². The van der Waals surface area contributed by atoms with Gasteiger partial charge in [-0.2, -0.15) is 0 Å². The molecule has 0 unspecified atom stereocenters. The first-order chi connectivity index (χ1) is 7.75. The lowest BCUT2D eigenvalue weighted by Crippen LogP contribution is -1.78. The van der Waals surface area contributed by atoms with Gasteiger partial charge < -0.3 is 0 Å². The molecule has 0 nitrogen and oxygen atoms in total. The summed E-state index contributed by atoms with van der Waals surface area (Å²) in [5.74, 6) is 6.04. The Hall–Kier alpha value is -1.42. The number of halogens is 2. The molecule has 0 aliphatic carbocycles. The van der Waals surface area contributed by atoms with Crippen molar-refractivity contribution in [3.8, 4) is 11.8 Å². The van der Waals surface area contributed by atoms with Crippen molar-refractivity contribution in [1.82, 2.24) is 0 Å². The maximum atomic E-state index is 6.00. The first-order valence-corrected chi connectivity index (χ1v) is 5.53. The summed E-state index contributed by atoms with van der Waals surface area (Å²) in [6.07, 6.45) is 0. The molecule has 0 aliphatic rings. The van der Waals surface area contributed by atoms with Gasteiger partial charge in [0.05, 0.1) is 5.02 Å². The average molecular weight is 247 g/mol. The van der Waals surface area contributed by atoms with Crippen molar-refractivity contribution >= 4 is 23.2 Å². The van der Waals surface area contributed by atoms with Crippen LogP contribution in [0, 0.1) is 11.8 Å². The van der Waals surface area contributed by atoms with Crippen LogP contribution in [0.5, 0.6) is 0 Å². The molecule has 0 atom stereocenters. The molecule has 0 fully saturated rings. The highest BCUT2D eigenvalue weighted by Gasteiger charge is 1.97. The molecule has 2 heteroatoms. The second-order valence-electron chi connectivity index (χ2n) is 3.24. The fourth-order valence-corrected chi connectivity index (χ4v) is 1.59. The highest BCUT2D eigenvalue weighted by atomic mass is 35.5. The monoisotopic (exact) mass is 246 g/mol. The summed E-state index contributed by atoms with van der Waals surface area (Å²) in [6.45, 7) is 0. The summed E-state index contributed by atoms with van der Waals surface area (Å²) in [5, 5.41) is 1.26. The van der Waals surface area contributed by atoms with E-state index < -0.39 is 0 Å². The third kappa shape index (κ3) is 2.79. The molecule has 0 saturated carbocycles. The lowest BCUT2D eigenvalue weighted by Gasteiger charge is -1.95. The van der Waals surface area contributed by atoms with Gasteiger partial charge >= 0.3 is 0 Å². The summed E-state index contributed by atoms with van der Waals surface area (Å²) >= 11 is 11.9. The first-order valence-electron chi connectivity index (χ1n) is 4.78. The van der Waals surface area contributed by atoms with Crippen LogP contribution in [0.4, 0.5) is 0 Å². The predicted octanol–water partition coefficient (Wildman–Crippen LogP) is 4.39. The fourth-order valence-electron chi connectivity index (χ4n) is 1.25. The zero-order valence-electron chi connectivity index (χ0n) is 8.37. The number of hydrogen-bond acceptors (Lipinski definition) is 0. The van der Waals surface area contributed by atoms with Gasteiger partial charge in [-0.3, -0.25) is 0 Å². The van der Waals surface area contributed by atoms with Crippen LogP contribution >= 0.6 is 23.2 Å². The summed E-state index contributed by atoms with van der Waals surface area (Å²) < 4.78 is 0. The van der Waals surface area contributed by atoms with E-state index in [1.54, 1.807) is 18.2 Å². The van der Waals surface area contributed by atoms with E-state index in [9.17, 15) is 0 Å². The molecule has 0 saturated heterocycles. The zero-order chi connectivity index (χ0) is 11.4. The molecule has 0 N–H and O–H groups in total. The topological polar surface area (TPSA) is 0 Å². The number of hydrogen-bond donors (Lipinski definition) is 0. The van der Waals surface area contributed by atoms with E-state index >= 15 is 0 Å². The minimum absolute atomic E-state index is 0.618. The van der Waals surface area contributed by atoms with Gasteiger partial charge in [0.1, 0.15) is 0 Å². The Labute approximate surface area is 105 Å². The molecule has 16 heavy (non-hydrogen) atoms. The predicted molar refractivity (Wildman–Crippen MR) is 68.9 cm³/mol. The average Bonchev–Trinajstić information content (AvgIpc) is 2.32. The summed E-state index contributed by atoms with van der Waals surface area (Å²) in [7, 11) is 0. The van der Waals surface area contributed by atoms with Gasteiger partial charge in [0.2, 0.25) is 0 Å². The van der Waals surface area contributed by atoms with Crippen LogP contribution in [0.25, 0.3) is 0 Å². The SMILES string of the molecule is Clc1ccc(Cl)c(C#Cc2ccccc2)c1. The Morgan fingerprint density at radius 3 is 2.31 bits per heavy atom. The van der Waals surface area contributed by atoms with Crippen LogP contribution in [0.1, 0.15) is 11.1 Å². The Kier molecular flexibility index (Phi) is 3.51. The Balaban J connectivity index is 2.34. The van der Waals surface area contributed by atoms with Crippen LogP contribution < -0.4 is 0 Å². The van der Waals surface area contributed by atoms with E-state index in [2.05, 4.69) is 11.8 Å². The normalized spacial score (nSPS) is 9.38. The third-order valence-electron chi connectivity index (χ3n) is 2.04. The van der Waals surface area contributed by atoms with Gasteiger partial charge in [-0.25, -0.2) is 0 Å². The smallest absolute Gasteiger partial charge is 0.0563 e. The molecule has 0 aliphatic heterocycles. The van der Waals surface area contributed by atoms with Gasteiger partial charge in [-0.1, -0.05) is 53.2 Å². The van der Waals surface area contributed by atoms with E-state index in [-0.39, 0.29) is 0 Å². The molecule has 0 spiro atoms. The van der Waals surface area contributed by atoms with Crippen LogP contribution in [0.2, 0.25) is 10.0 Å². The highest BCUT2D eigenvalue weighted by Crippen LogP contribution is 2.19. The molecular weight excluding hydrogens is 239 g/mol. The van der Waals surface area contributed by atoms with E-state index in [1.165, 1.54) is 0 Å². The lowest BCUT2D eigenvalue weighted by atomic mass is 10.2. The van der Waals surface area contributed by atoms with Crippen molar-refractivity contribution in [2.75, 3.05) is 0 Å². The molecule has 0 heterocycles. The van der Waals surface area contributed by atoms with Gasteiger partial charge in [0.15, 0.2) is 0 Å². The van der Waals surface area contributed by atoms with Crippen molar-refractivity contribution in [3.63, 3.8) is 0 Å². The maximum Gasteiger partial charge on any atom is 0.0563 e. The van der Waals surface area contributed by atoms with Crippen molar-refractivity contribution in [2.24, 2.45) is 0 Å². The second kappa shape index (κ2) is 5.07. The van der Waals surface area contributed by atoms with E-state index in [1.807, 2.05) is 30.3 Å². The van der Waals surface area contributed by atoms with Crippen LogP contribution in [-0.4, -0.2) is 0 Å². The van der Waals surface area contributed by atoms with Crippen LogP contribution in [0.15, 0.2) is 48.5 Å². The summed E-state index contributed by atoms with van der Waals surface area (Å²) in [4.78, 5) is 0. The Morgan fingerprint density at radius 1 is 0.812 bits per heavy atom. The zero-order valence-corrected chi connectivity index (χ0v) is 9.89. The molecule has 0 radical (unpaired) electrons. The van der Waals surface area contributed by atoms with Crippen molar-refractivity contribution < 1.29 is 0 Å². The molecular formula is C14H8Cl2. The second-order valence-corrected chi connectivity index (χ2v) is 4.08. The van der Waals surface area contributed by atoms with Crippen molar-refractivity contribution in [3.05, 3.63) is 69.7 Å². The fraction of sp³-hybridized carbons (Fsp3) is 0. The molecule has 78 valence electrons. The Bertz CT molecular complexity index is 548. The first kappa shape index (κ1) is 11.1. The molecule has 2 aromatic carbocycles. The van der Waals surface area contributed by atoms with E-state index in [0.717, 1.165) is 11.1 Å². The van der Waals surface area contributed by atoms with Gasteiger partial charge in [0, 0.05) is 16.1 Å². The standard InChI is InChI=1S/C14H8Cl2/c15-13-8-9-14(16)12(10-13)7-6-11-4-2-1-3-5-11/h1-5,8-10H. The summed E-state index contributed by atoms with van der Waals surface area (Å²) in [5.41, 5.74) is 1.71. The van der Waals surface area contributed by atoms with Gasteiger partial charge in [-0.05, 0) is 30.3 Å². The molecule has 2 aromatic rings. The molecule has 2 rings (SSSR count). The van der Waals surface area contributed by atoms with Gasteiger partial charge in [-0.15, -0.1) is 0 Å². The largest absolute Gasteiger partial charge is 0.0843 e. The number of rotatable bonds is 0. The molecule has 0 amide bonds. The minimum atomic E-state index is 0.618. The van der Waals surface area contributed by atoms with Crippen molar-refractivity contribution in [2.45, 2.75) is 0 Å². The quantitative estimate of drug-likeness (QED) is 0.605. The maximum absolute atomic E-state index is 6.00. The Morgan fingerprint density at radius 2 is 1.56 bits per heavy atom. The highest BCUT2D eigenvalue weighted by molar-refractivity contribution is 6.33. The minimum Gasteiger partial charge on any atom is -0.0843 e. The number of benzene rings is 2. The van der Waals surface area contributed by atoms with Crippen molar-refractivity contribution in [1.29, 1.82) is 0 Å². The molecule has 0 bridgehead atoms.